The first kappa shape index (κ1) is 13.1. The molecule has 4 rings (SSSR count). The molecule has 2 saturated carbocycles. The van der Waals surface area contributed by atoms with Crippen molar-refractivity contribution in [3.05, 3.63) is 23.8 Å². The summed E-state index contributed by atoms with van der Waals surface area (Å²) in [6.45, 7) is 2.33. The van der Waals surface area contributed by atoms with Crippen molar-refractivity contribution in [1.29, 1.82) is 0 Å². The Kier molecular flexibility index (Phi) is 3.14. The Balaban J connectivity index is 1.49. The van der Waals surface area contributed by atoms with Gasteiger partial charge in [0.15, 0.2) is 6.61 Å². The summed E-state index contributed by atoms with van der Waals surface area (Å²) >= 11 is 0. The van der Waals surface area contributed by atoms with Crippen LogP contribution in [0.1, 0.15) is 44.2 Å². The van der Waals surface area contributed by atoms with E-state index in [0.29, 0.717) is 12.1 Å². The van der Waals surface area contributed by atoms with Crippen molar-refractivity contribution in [3.63, 3.8) is 0 Å². The van der Waals surface area contributed by atoms with E-state index in [0.717, 1.165) is 23.3 Å². The third kappa shape index (κ3) is 2.77. The molecule has 1 heterocycles. The first-order chi connectivity index (χ1) is 10.2. The van der Waals surface area contributed by atoms with E-state index >= 15 is 0 Å². The molecule has 1 aromatic rings. The molecule has 1 aliphatic heterocycles. The number of rotatable bonds is 5. The summed E-state index contributed by atoms with van der Waals surface area (Å²) in [6, 6.07) is 7.10. The van der Waals surface area contributed by atoms with Crippen LogP contribution >= 0.6 is 0 Å². The summed E-state index contributed by atoms with van der Waals surface area (Å²) < 4.78 is 5.42. The lowest BCUT2D eigenvalue weighted by atomic mass is 10.0. The van der Waals surface area contributed by atoms with Gasteiger partial charge in [-0.1, -0.05) is 6.07 Å². The molecule has 0 saturated heterocycles. The smallest absolute Gasteiger partial charge is 0.262 e. The first-order valence-electron chi connectivity index (χ1n) is 8.03. The number of ether oxygens (including phenoxy) is 1. The quantitative estimate of drug-likeness (QED) is 0.875. The number of hydrogen-bond acceptors (Lipinski definition) is 3. The van der Waals surface area contributed by atoms with E-state index in [-0.39, 0.29) is 12.5 Å². The Hall–Kier alpha value is -1.55. The highest BCUT2D eigenvalue weighted by atomic mass is 16.5. The van der Waals surface area contributed by atoms with Gasteiger partial charge in [-0.2, -0.15) is 0 Å². The van der Waals surface area contributed by atoms with E-state index in [1.165, 1.54) is 31.2 Å². The molecule has 4 nitrogen and oxygen atoms in total. The lowest BCUT2D eigenvalue weighted by Crippen LogP contribution is -2.35. The molecular weight excluding hydrogens is 264 g/mol. The van der Waals surface area contributed by atoms with Gasteiger partial charge < -0.3 is 15.4 Å². The van der Waals surface area contributed by atoms with E-state index in [1.807, 2.05) is 12.1 Å². The lowest BCUT2D eigenvalue weighted by molar-refractivity contribution is -0.118. The molecule has 1 aromatic carbocycles. The fourth-order valence-corrected chi connectivity index (χ4v) is 3.32. The average Bonchev–Trinajstić information content (AvgIpc) is 3.37. The maximum Gasteiger partial charge on any atom is 0.262 e. The second-order valence-electron chi connectivity index (χ2n) is 6.68. The molecule has 2 aliphatic carbocycles. The van der Waals surface area contributed by atoms with E-state index < -0.39 is 0 Å². The van der Waals surface area contributed by atoms with Crippen LogP contribution in [0.3, 0.4) is 0 Å². The third-order valence-electron chi connectivity index (χ3n) is 4.84. The lowest BCUT2D eigenvalue weighted by Gasteiger charge is -2.25. The highest BCUT2D eigenvalue weighted by Crippen LogP contribution is 2.45. The van der Waals surface area contributed by atoms with Crippen molar-refractivity contribution >= 4 is 11.6 Å². The van der Waals surface area contributed by atoms with Crippen LogP contribution in [0.5, 0.6) is 5.75 Å². The van der Waals surface area contributed by atoms with E-state index in [4.69, 9.17) is 4.74 Å². The van der Waals surface area contributed by atoms with Crippen LogP contribution in [-0.4, -0.2) is 18.6 Å². The minimum atomic E-state index is -0.0749. The van der Waals surface area contributed by atoms with Crippen LogP contribution < -0.4 is 15.4 Å². The summed E-state index contributed by atoms with van der Waals surface area (Å²) in [6.07, 6.45) is 5.54. The zero-order valence-electron chi connectivity index (χ0n) is 12.4. The number of carbonyl (C=O) groups excluding carboxylic acids is 1. The van der Waals surface area contributed by atoms with Gasteiger partial charge in [0.2, 0.25) is 0 Å². The summed E-state index contributed by atoms with van der Waals surface area (Å²) in [4.78, 5) is 11.4. The van der Waals surface area contributed by atoms with Gasteiger partial charge in [0.05, 0.1) is 5.69 Å². The standard InChI is InChI=1S/C17H22N2O2/c1-10(18-17(11-2-3-11)12-4-5-12)13-6-7-15-14(8-13)19-16(20)9-21-15/h6-8,10-12,17-18H,2-5,9H2,1H3,(H,19,20). The van der Waals surface area contributed by atoms with Gasteiger partial charge in [0, 0.05) is 12.1 Å². The maximum atomic E-state index is 11.4. The normalized spacial score (nSPS) is 22.5. The van der Waals surface area contributed by atoms with E-state index in [1.54, 1.807) is 0 Å². The molecule has 1 unspecified atom stereocenters. The van der Waals surface area contributed by atoms with Crippen LogP contribution in [-0.2, 0) is 4.79 Å². The number of fused-ring (bicyclic) bond motifs is 1. The fraction of sp³-hybridized carbons (Fsp3) is 0.588. The van der Waals surface area contributed by atoms with Crippen LogP contribution in [0.15, 0.2) is 18.2 Å². The van der Waals surface area contributed by atoms with Crippen LogP contribution in [0, 0.1) is 11.8 Å². The Morgan fingerprint density at radius 3 is 2.62 bits per heavy atom. The van der Waals surface area contributed by atoms with Crippen LogP contribution in [0.2, 0.25) is 0 Å². The molecule has 112 valence electrons. The molecule has 0 radical (unpaired) electrons. The van der Waals surface area contributed by atoms with Crippen molar-refractivity contribution in [1.82, 2.24) is 5.32 Å². The monoisotopic (exact) mass is 286 g/mol. The zero-order chi connectivity index (χ0) is 14.4. The molecule has 2 fully saturated rings. The maximum absolute atomic E-state index is 11.4. The number of amides is 1. The van der Waals surface area contributed by atoms with Gasteiger partial charge in [0.1, 0.15) is 5.75 Å². The van der Waals surface area contributed by atoms with E-state index in [9.17, 15) is 4.79 Å². The molecule has 1 amide bonds. The molecule has 1 atom stereocenters. The molecule has 21 heavy (non-hydrogen) atoms. The SMILES string of the molecule is CC(NC(C1CC1)C1CC1)c1ccc2c(c1)NC(=O)CO2. The molecule has 0 spiro atoms. The molecular formula is C17H22N2O2. The summed E-state index contributed by atoms with van der Waals surface area (Å²) in [5.41, 5.74) is 2.01. The van der Waals surface area contributed by atoms with Gasteiger partial charge in [0.25, 0.3) is 5.91 Å². The van der Waals surface area contributed by atoms with Crippen molar-refractivity contribution in [2.45, 2.75) is 44.7 Å². The minimum absolute atomic E-state index is 0.0749. The van der Waals surface area contributed by atoms with Crippen molar-refractivity contribution < 1.29 is 9.53 Å². The first-order valence-corrected chi connectivity index (χ1v) is 8.03. The van der Waals surface area contributed by atoms with Gasteiger partial charge in [-0.15, -0.1) is 0 Å². The highest BCUT2D eigenvalue weighted by molar-refractivity contribution is 5.95. The fourth-order valence-electron chi connectivity index (χ4n) is 3.32. The van der Waals surface area contributed by atoms with Gasteiger partial charge in [-0.25, -0.2) is 0 Å². The van der Waals surface area contributed by atoms with Gasteiger partial charge in [-0.3, -0.25) is 4.79 Å². The number of carbonyl (C=O) groups is 1. The predicted molar refractivity (Wildman–Crippen MR) is 81.4 cm³/mol. The van der Waals surface area contributed by atoms with Crippen LogP contribution in [0.4, 0.5) is 5.69 Å². The topological polar surface area (TPSA) is 50.4 Å². The number of anilines is 1. The van der Waals surface area contributed by atoms with E-state index in [2.05, 4.69) is 23.6 Å². The van der Waals surface area contributed by atoms with Crippen molar-refractivity contribution in [2.24, 2.45) is 11.8 Å². The average molecular weight is 286 g/mol. The second kappa shape index (κ2) is 5.02. The number of nitrogens with one attached hydrogen (secondary N) is 2. The predicted octanol–water partition coefficient (Wildman–Crippen LogP) is 2.86. The molecule has 0 aromatic heterocycles. The summed E-state index contributed by atoms with van der Waals surface area (Å²) in [5.74, 6) is 2.47. The molecule has 4 heteroatoms. The van der Waals surface area contributed by atoms with Crippen LogP contribution in [0.25, 0.3) is 0 Å². The molecule has 2 N–H and O–H groups in total. The Bertz CT molecular complexity index is 552. The Labute approximate surface area is 125 Å². The van der Waals surface area contributed by atoms with Gasteiger partial charge in [-0.05, 0) is 62.1 Å². The highest BCUT2D eigenvalue weighted by Gasteiger charge is 2.41. The second-order valence-corrected chi connectivity index (χ2v) is 6.68. The molecule has 3 aliphatic rings. The zero-order valence-corrected chi connectivity index (χ0v) is 12.4. The van der Waals surface area contributed by atoms with Crippen molar-refractivity contribution in [2.75, 3.05) is 11.9 Å². The largest absolute Gasteiger partial charge is 0.482 e. The van der Waals surface area contributed by atoms with Gasteiger partial charge >= 0.3 is 0 Å². The number of benzene rings is 1. The summed E-state index contributed by atoms with van der Waals surface area (Å²) in [7, 11) is 0. The Morgan fingerprint density at radius 2 is 1.95 bits per heavy atom. The third-order valence-corrected chi connectivity index (χ3v) is 4.84. The Morgan fingerprint density at radius 1 is 1.24 bits per heavy atom. The molecule has 0 bridgehead atoms. The minimum Gasteiger partial charge on any atom is -0.482 e. The summed E-state index contributed by atoms with van der Waals surface area (Å²) in [5, 5.41) is 6.71. The van der Waals surface area contributed by atoms with Crippen molar-refractivity contribution in [3.8, 4) is 5.75 Å². The number of hydrogen-bond donors (Lipinski definition) is 2.